The number of pyridine rings is 1. The van der Waals surface area contributed by atoms with Crippen molar-refractivity contribution in [2.45, 2.75) is 59.3 Å². The molecule has 20 heavy (non-hydrogen) atoms. The van der Waals surface area contributed by atoms with Gasteiger partial charge in [0.1, 0.15) is 0 Å². The van der Waals surface area contributed by atoms with Crippen molar-refractivity contribution in [1.29, 1.82) is 0 Å². The highest BCUT2D eigenvalue weighted by molar-refractivity contribution is 5.95. The zero-order chi connectivity index (χ0) is 14.6. The number of carbonyl (C=O) groups is 1. The second-order valence-corrected chi connectivity index (χ2v) is 6.49. The lowest BCUT2D eigenvalue weighted by Gasteiger charge is -2.28. The number of rotatable bonds is 3. The van der Waals surface area contributed by atoms with Crippen molar-refractivity contribution < 1.29 is 4.79 Å². The molecule has 0 saturated heterocycles. The molecular weight excluding hydrogens is 248 g/mol. The number of hydrogen-bond acceptors (Lipinski definition) is 2. The van der Waals surface area contributed by atoms with Crippen LogP contribution in [0.1, 0.15) is 67.2 Å². The fraction of sp³-hybridized carbons (Fsp3) is 0.647. The van der Waals surface area contributed by atoms with E-state index < -0.39 is 0 Å². The molecule has 0 spiro atoms. The van der Waals surface area contributed by atoms with E-state index >= 15 is 0 Å². The highest BCUT2D eigenvalue weighted by atomic mass is 16.1. The van der Waals surface area contributed by atoms with Crippen LogP contribution in [0.25, 0.3) is 0 Å². The van der Waals surface area contributed by atoms with Crippen molar-refractivity contribution >= 4 is 5.91 Å². The van der Waals surface area contributed by atoms with E-state index in [9.17, 15) is 4.79 Å². The average Bonchev–Trinajstić information content (AvgIpc) is 2.61. The summed E-state index contributed by atoms with van der Waals surface area (Å²) in [6.07, 6.45) is 7.70. The van der Waals surface area contributed by atoms with Crippen molar-refractivity contribution in [2.24, 2.45) is 5.41 Å². The van der Waals surface area contributed by atoms with Crippen LogP contribution in [0.3, 0.4) is 0 Å². The molecule has 0 atom stereocenters. The maximum atomic E-state index is 12.3. The van der Waals surface area contributed by atoms with Crippen LogP contribution in [-0.4, -0.2) is 17.4 Å². The molecule has 0 unspecified atom stereocenters. The second-order valence-electron chi connectivity index (χ2n) is 6.49. The molecule has 3 nitrogen and oxygen atoms in total. The Kier molecular flexibility index (Phi) is 4.79. The third kappa shape index (κ3) is 3.81. The monoisotopic (exact) mass is 274 g/mol. The summed E-state index contributed by atoms with van der Waals surface area (Å²) >= 11 is 0. The first kappa shape index (κ1) is 15.0. The number of carbonyl (C=O) groups excluding carboxylic acids is 1. The number of aryl methyl sites for hydroxylation is 2. The first-order chi connectivity index (χ1) is 9.50. The van der Waals surface area contributed by atoms with Gasteiger partial charge in [-0.1, -0.05) is 32.6 Å². The molecule has 0 radical (unpaired) electrons. The molecule has 0 aromatic carbocycles. The molecule has 1 amide bonds. The average molecular weight is 274 g/mol. The number of nitrogens with zero attached hydrogens (tertiary/aromatic N) is 1. The predicted molar refractivity (Wildman–Crippen MR) is 81.9 cm³/mol. The van der Waals surface area contributed by atoms with Crippen molar-refractivity contribution in [1.82, 2.24) is 10.3 Å². The molecule has 1 fully saturated rings. The minimum absolute atomic E-state index is 0.0143. The zero-order valence-corrected chi connectivity index (χ0v) is 13.0. The molecule has 110 valence electrons. The van der Waals surface area contributed by atoms with Crippen molar-refractivity contribution in [3.05, 3.63) is 29.1 Å². The topological polar surface area (TPSA) is 42.0 Å². The van der Waals surface area contributed by atoms with E-state index in [0.29, 0.717) is 5.56 Å². The largest absolute Gasteiger partial charge is 0.351 e. The van der Waals surface area contributed by atoms with E-state index in [0.717, 1.165) is 17.9 Å². The van der Waals surface area contributed by atoms with Crippen molar-refractivity contribution in [3.8, 4) is 0 Å². The van der Waals surface area contributed by atoms with Crippen LogP contribution in [0.4, 0.5) is 0 Å². The van der Waals surface area contributed by atoms with Crippen LogP contribution in [0.15, 0.2) is 12.1 Å². The van der Waals surface area contributed by atoms with Gasteiger partial charge in [-0.05, 0) is 44.2 Å². The molecule has 1 aliphatic rings. The Labute approximate surface area is 122 Å². The van der Waals surface area contributed by atoms with E-state index in [2.05, 4.69) is 17.2 Å². The minimum Gasteiger partial charge on any atom is -0.351 e. The fourth-order valence-electron chi connectivity index (χ4n) is 3.07. The van der Waals surface area contributed by atoms with Gasteiger partial charge in [-0.15, -0.1) is 0 Å². The Morgan fingerprint density at radius 1 is 1.20 bits per heavy atom. The van der Waals surface area contributed by atoms with Gasteiger partial charge in [-0.3, -0.25) is 9.78 Å². The molecule has 1 aromatic rings. The number of nitrogens with one attached hydrogen (secondary N) is 1. The molecule has 0 aliphatic heterocycles. The summed E-state index contributed by atoms with van der Waals surface area (Å²) in [4.78, 5) is 16.7. The van der Waals surface area contributed by atoms with Gasteiger partial charge in [0.25, 0.3) is 5.91 Å². The van der Waals surface area contributed by atoms with E-state index in [-0.39, 0.29) is 11.3 Å². The summed E-state index contributed by atoms with van der Waals surface area (Å²) in [5.74, 6) is 0.0143. The first-order valence-corrected chi connectivity index (χ1v) is 7.73. The van der Waals surface area contributed by atoms with Gasteiger partial charge in [0, 0.05) is 12.2 Å². The van der Waals surface area contributed by atoms with Gasteiger partial charge >= 0.3 is 0 Å². The van der Waals surface area contributed by atoms with Crippen LogP contribution in [0.2, 0.25) is 0 Å². The third-order valence-electron chi connectivity index (χ3n) is 4.46. The van der Waals surface area contributed by atoms with Gasteiger partial charge < -0.3 is 5.32 Å². The van der Waals surface area contributed by atoms with Crippen LogP contribution in [0, 0.1) is 19.3 Å². The van der Waals surface area contributed by atoms with Gasteiger partial charge in [-0.2, -0.15) is 0 Å². The van der Waals surface area contributed by atoms with Gasteiger partial charge in [0.15, 0.2) is 0 Å². The van der Waals surface area contributed by atoms with E-state index in [1.807, 2.05) is 26.0 Å². The lowest BCUT2D eigenvalue weighted by atomic mass is 9.82. The summed E-state index contributed by atoms with van der Waals surface area (Å²) < 4.78 is 0. The normalized spacial score (nSPS) is 18.4. The highest BCUT2D eigenvalue weighted by Gasteiger charge is 2.26. The maximum absolute atomic E-state index is 12.3. The Hall–Kier alpha value is -1.38. The second kappa shape index (κ2) is 6.38. The summed E-state index contributed by atoms with van der Waals surface area (Å²) in [7, 11) is 0. The lowest BCUT2D eigenvalue weighted by Crippen LogP contribution is -2.35. The van der Waals surface area contributed by atoms with Crippen molar-refractivity contribution in [3.63, 3.8) is 0 Å². The maximum Gasteiger partial charge on any atom is 0.253 e. The summed E-state index contributed by atoms with van der Waals surface area (Å²) in [5, 5.41) is 3.12. The van der Waals surface area contributed by atoms with Gasteiger partial charge in [-0.25, -0.2) is 0 Å². The van der Waals surface area contributed by atoms with Gasteiger partial charge in [0.2, 0.25) is 0 Å². The highest BCUT2D eigenvalue weighted by Crippen LogP contribution is 2.33. The quantitative estimate of drug-likeness (QED) is 0.852. The van der Waals surface area contributed by atoms with E-state index in [4.69, 9.17) is 0 Å². The van der Waals surface area contributed by atoms with E-state index in [1.54, 1.807) is 0 Å². The summed E-state index contributed by atoms with van der Waals surface area (Å²) in [5.41, 5.74) is 2.73. The molecule has 0 bridgehead atoms. The molecule has 1 aliphatic carbocycles. The Balaban J connectivity index is 1.97. The molecule has 3 heteroatoms. The number of amides is 1. The predicted octanol–water partition coefficient (Wildman–Crippen LogP) is 3.79. The van der Waals surface area contributed by atoms with Crippen LogP contribution in [0.5, 0.6) is 0 Å². The Morgan fingerprint density at radius 3 is 2.45 bits per heavy atom. The smallest absolute Gasteiger partial charge is 0.253 e. The molecule has 1 aromatic heterocycles. The van der Waals surface area contributed by atoms with Crippen molar-refractivity contribution in [2.75, 3.05) is 6.54 Å². The van der Waals surface area contributed by atoms with Crippen LogP contribution < -0.4 is 5.32 Å². The molecule has 1 N–H and O–H groups in total. The minimum atomic E-state index is 0.0143. The molecular formula is C17H26N2O. The molecule has 2 rings (SSSR count). The van der Waals surface area contributed by atoms with Gasteiger partial charge in [0.05, 0.1) is 11.3 Å². The molecule has 1 saturated carbocycles. The van der Waals surface area contributed by atoms with E-state index in [1.165, 1.54) is 38.5 Å². The number of aromatic nitrogens is 1. The summed E-state index contributed by atoms with van der Waals surface area (Å²) in [6, 6.07) is 3.78. The lowest BCUT2D eigenvalue weighted by molar-refractivity contribution is 0.0927. The third-order valence-corrected chi connectivity index (χ3v) is 4.46. The fourth-order valence-corrected chi connectivity index (χ4v) is 3.07. The Bertz CT molecular complexity index is 474. The number of hydrogen-bond donors (Lipinski definition) is 1. The standard InChI is InChI=1S/C17H26N2O/c1-13-8-9-15(14(2)19-13)16(20)18-12-17(3)10-6-4-5-7-11-17/h8-9H,4-7,10-12H2,1-3H3,(H,18,20). The zero-order valence-electron chi connectivity index (χ0n) is 13.0. The molecule has 1 heterocycles. The van der Waals surface area contributed by atoms with Crippen LogP contribution in [-0.2, 0) is 0 Å². The first-order valence-electron chi connectivity index (χ1n) is 7.73. The SMILES string of the molecule is Cc1ccc(C(=O)NCC2(C)CCCCCC2)c(C)n1. The van der Waals surface area contributed by atoms with Crippen LogP contribution >= 0.6 is 0 Å². The summed E-state index contributed by atoms with van der Waals surface area (Å²) in [6.45, 7) is 6.93. The Morgan fingerprint density at radius 2 is 1.85 bits per heavy atom.